The van der Waals surface area contributed by atoms with Crippen LogP contribution in [-0.2, 0) is 4.79 Å². The minimum absolute atomic E-state index is 0.0398. The van der Waals surface area contributed by atoms with E-state index in [1.54, 1.807) is 4.90 Å². The minimum atomic E-state index is -0.0398. The Morgan fingerprint density at radius 1 is 1.21 bits per heavy atom. The van der Waals surface area contributed by atoms with Crippen molar-refractivity contribution < 1.29 is 14.3 Å². The highest BCUT2D eigenvalue weighted by Crippen LogP contribution is 2.40. The van der Waals surface area contributed by atoms with Crippen molar-refractivity contribution in [2.24, 2.45) is 4.99 Å². The van der Waals surface area contributed by atoms with Gasteiger partial charge in [-0.2, -0.15) is 0 Å². The Balaban J connectivity index is 1.72. The summed E-state index contributed by atoms with van der Waals surface area (Å²) in [5, 5.41) is 0.702. The molecule has 0 spiro atoms. The van der Waals surface area contributed by atoms with Crippen molar-refractivity contribution in [2.75, 3.05) is 13.3 Å². The molecule has 28 heavy (non-hydrogen) atoms. The zero-order chi connectivity index (χ0) is 19.8. The number of amides is 1. The molecule has 0 aliphatic carbocycles. The lowest BCUT2D eigenvalue weighted by Gasteiger charge is -2.13. The molecule has 0 N–H and O–H groups in total. The van der Waals surface area contributed by atoms with Crippen LogP contribution in [0.2, 0.25) is 0 Å². The summed E-state index contributed by atoms with van der Waals surface area (Å²) in [6, 6.07) is 9.82. The van der Waals surface area contributed by atoms with Gasteiger partial charge in [0.25, 0.3) is 5.91 Å². The first-order valence-electron chi connectivity index (χ1n) is 8.93. The monoisotopic (exact) mass is 458 g/mol. The lowest BCUT2D eigenvalue weighted by Crippen LogP contribution is -2.28. The van der Waals surface area contributed by atoms with Crippen molar-refractivity contribution in [2.45, 2.75) is 20.8 Å². The maximum Gasteiger partial charge on any atom is 0.266 e. The quantitative estimate of drug-likeness (QED) is 0.576. The normalized spacial score (nSPS) is 18.6. The summed E-state index contributed by atoms with van der Waals surface area (Å²) in [7, 11) is 0. The summed E-state index contributed by atoms with van der Waals surface area (Å²) in [6.45, 7) is 6.80. The van der Waals surface area contributed by atoms with E-state index in [0.717, 1.165) is 26.9 Å². The largest absolute Gasteiger partial charge is 0.454 e. The predicted molar refractivity (Wildman–Crippen MR) is 116 cm³/mol. The van der Waals surface area contributed by atoms with Gasteiger partial charge in [-0.15, -0.1) is 0 Å². The van der Waals surface area contributed by atoms with Gasteiger partial charge >= 0.3 is 0 Å². The van der Waals surface area contributed by atoms with Gasteiger partial charge in [-0.3, -0.25) is 9.69 Å². The molecule has 4 rings (SSSR count). The molecular weight excluding hydrogens is 440 g/mol. The number of benzene rings is 2. The first-order valence-corrected chi connectivity index (χ1v) is 10.5. The fourth-order valence-electron chi connectivity index (χ4n) is 3.13. The highest BCUT2D eigenvalue weighted by atomic mass is 79.9. The van der Waals surface area contributed by atoms with Crippen LogP contribution in [0.15, 0.2) is 44.7 Å². The molecule has 0 atom stereocenters. The number of amidine groups is 1. The molecule has 0 aromatic heterocycles. The van der Waals surface area contributed by atoms with Gasteiger partial charge in [0.1, 0.15) is 0 Å². The molecule has 2 heterocycles. The van der Waals surface area contributed by atoms with Gasteiger partial charge in [-0.25, -0.2) is 4.99 Å². The number of carbonyl (C=O) groups excluding carboxylic acids is 1. The SMILES string of the molecule is CCN1C(=O)/C(=C\c2cc3c(cc2Br)OCO3)SC1=Nc1c(C)cccc1C. The van der Waals surface area contributed by atoms with Crippen LogP contribution in [-0.4, -0.2) is 29.3 Å². The van der Waals surface area contributed by atoms with Crippen molar-refractivity contribution in [3.63, 3.8) is 0 Å². The van der Waals surface area contributed by atoms with Crippen LogP contribution in [0.5, 0.6) is 11.5 Å². The van der Waals surface area contributed by atoms with Gasteiger partial charge in [0, 0.05) is 11.0 Å². The number of ether oxygens (including phenoxy) is 2. The number of carbonyl (C=O) groups is 1. The average molecular weight is 459 g/mol. The highest BCUT2D eigenvalue weighted by Gasteiger charge is 2.32. The molecular formula is C21H19BrN2O3S. The summed E-state index contributed by atoms with van der Waals surface area (Å²) in [4.78, 5) is 20.1. The molecule has 2 aliphatic rings. The Hall–Kier alpha value is -2.25. The number of nitrogens with zero attached hydrogens (tertiary/aromatic N) is 2. The number of fused-ring (bicyclic) bond motifs is 1. The Bertz CT molecular complexity index is 1010. The number of aliphatic imine (C=N–C) groups is 1. The smallest absolute Gasteiger partial charge is 0.266 e. The number of hydrogen-bond donors (Lipinski definition) is 0. The van der Waals surface area contributed by atoms with Gasteiger partial charge in [-0.05, 0) is 67.4 Å². The van der Waals surface area contributed by atoms with Gasteiger partial charge in [0.15, 0.2) is 16.7 Å². The van der Waals surface area contributed by atoms with E-state index in [1.807, 2.05) is 57.2 Å². The van der Waals surface area contributed by atoms with E-state index in [2.05, 4.69) is 15.9 Å². The van der Waals surface area contributed by atoms with Crippen LogP contribution >= 0.6 is 27.7 Å². The van der Waals surface area contributed by atoms with Crippen LogP contribution < -0.4 is 9.47 Å². The van der Waals surface area contributed by atoms with Crippen LogP contribution in [0.4, 0.5) is 5.69 Å². The Morgan fingerprint density at radius 3 is 2.57 bits per heavy atom. The van der Waals surface area contributed by atoms with E-state index in [-0.39, 0.29) is 12.7 Å². The molecule has 144 valence electrons. The summed E-state index contributed by atoms with van der Waals surface area (Å²) in [5.41, 5.74) is 3.96. The molecule has 1 amide bonds. The number of thioether (sulfide) groups is 1. The zero-order valence-corrected chi connectivity index (χ0v) is 18.2. The summed E-state index contributed by atoms with van der Waals surface area (Å²) >= 11 is 4.95. The van der Waals surface area contributed by atoms with E-state index >= 15 is 0 Å². The van der Waals surface area contributed by atoms with Crippen molar-refractivity contribution in [1.82, 2.24) is 4.90 Å². The second kappa shape index (κ2) is 7.64. The third-order valence-corrected chi connectivity index (χ3v) is 6.32. The Kier molecular flexibility index (Phi) is 5.21. The molecule has 0 bridgehead atoms. The molecule has 2 aromatic rings. The number of halogens is 1. The Morgan fingerprint density at radius 2 is 1.89 bits per heavy atom. The predicted octanol–water partition coefficient (Wildman–Crippen LogP) is 5.42. The first kappa shape index (κ1) is 19.1. The maximum atomic E-state index is 12.9. The minimum Gasteiger partial charge on any atom is -0.454 e. The fraction of sp³-hybridized carbons (Fsp3) is 0.238. The van der Waals surface area contributed by atoms with Crippen molar-refractivity contribution in [3.05, 3.63) is 56.4 Å². The maximum absolute atomic E-state index is 12.9. The molecule has 5 nitrogen and oxygen atoms in total. The topological polar surface area (TPSA) is 51.1 Å². The fourth-order valence-corrected chi connectivity index (χ4v) is 4.61. The number of hydrogen-bond acceptors (Lipinski definition) is 5. The van der Waals surface area contributed by atoms with Gasteiger partial charge in [-0.1, -0.05) is 34.1 Å². The Labute approximate surface area is 176 Å². The van der Waals surface area contributed by atoms with Crippen LogP contribution in [0.25, 0.3) is 6.08 Å². The van der Waals surface area contributed by atoms with Gasteiger partial charge in [0.05, 0.1) is 10.6 Å². The van der Waals surface area contributed by atoms with Crippen molar-refractivity contribution >= 4 is 50.5 Å². The van der Waals surface area contributed by atoms with Crippen molar-refractivity contribution in [1.29, 1.82) is 0 Å². The zero-order valence-electron chi connectivity index (χ0n) is 15.8. The second-order valence-corrected chi connectivity index (χ2v) is 8.39. The molecule has 2 aromatic carbocycles. The van der Waals surface area contributed by atoms with E-state index in [0.29, 0.717) is 28.1 Å². The molecule has 1 fully saturated rings. The van der Waals surface area contributed by atoms with E-state index in [4.69, 9.17) is 14.5 Å². The molecule has 1 saturated heterocycles. The first-order chi connectivity index (χ1) is 13.5. The number of likely N-dealkylation sites (N-methyl/N-ethyl adjacent to an activating group) is 1. The van der Waals surface area contributed by atoms with Crippen molar-refractivity contribution in [3.8, 4) is 11.5 Å². The third kappa shape index (κ3) is 3.44. The third-order valence-electron chi connectivity index (χ3n) is 4.63. The standard InChI is InChI=1S/C21H19BrN2O3S/c1-4-24-20(25)18(9-14-8-16-17(10-15(14)22)27-11-26-16)28-21(24)23-19-12(2)6-5-7-13(19)3/h5-10H,4,11H2,1-3H3/b18-9+,23-21?. The van der Waals surface area contributed by atoms with Crippen LogP contribution in [0.3, 0.4) is 0 Å². The van der Waals surface area contributed by atoms with Gasteiger partial charge in [0.2, 0.25) is 6.79 Å². The lowest BCUT2D eigenvalue weighted by atomic mass is 10.1. The van der Waals surface area contributed by atoms with Crippen LogP contribution in [0.1, 0.15) is 23.6 Å². The lowest BCUT2D eigenvalue weighted by molar-refractivity contribution is -0.122. The summed E-state index contributed by atoms with van der Waals surface area (Å²) < 4.78 is 11.7. The van der Waals surface area contributed by atoms with Gasteiger partial charge < -0.3 is 9.47 Å². The van der Waals surface area contributed by atoms with E-state index < -0.39 is 0 Å². The molecule has 0 unspecified atom stereocenters. The summed E-state index contributed by atoms with van der Waals surface area (Å²) in [6.07, 6.45) is 1.87. The molecule has 0 saturated carbocycles. The second-order valence-electron chi connectivity index (χ2n) is 6.52. The summed E-state index contributed by atoms with van der Waals surface area (Å²) in [5.74, 6) is 1.34. The number of para-hydroxylation sites is 1. The number of rotatable bonds is 3. The molecule has 0 radical (unpaired) electrons. The molecule has 7 heteroatoms. The number of aryl methyl sites for hydroxylation is 2. The van der Waals surface area contributed by atoms with E-state index in [1.165, 1.54) is 11.8 Å². The van der Waals surface area contributed by atoms with Crippen LogP contribution in [0, 0.1) is 13.8 Å². The highest BCUT2D eigenvalue weighted by molar-refractivity contribution is 9.10. The average Bonchev–Trinajstić information content (AvgIpc) is 3.22. The van der Waals surface area contributed by atoms with E-state index in [9.17, 15) is 4.79 Å². The molecule has 2 aliphatic heterocycles.